The van der Waals surface area contributed by atoms with Crippen LogP contribution in [0.5, 0.6) is 0 Å². The van der Waals surface area contributed by atoms with Crippen molar-refractivity contribution >= 4 is 5.91 Å². The highest BCUT2D eigenvalue weighted by Crippen LogP contribution is 2.18. The second-order valence-electron chi connectivity index (χ2n) is 6.21. The molecule has 0 atom stereocenters. The summed E-state index contributed by atoms with van der Waals surface area (Å²) in [6, 6.07) is 7.56. The molecule has 1 aromatic heterocycles. The lowest BCUT2D eigenvalue weighted by atomic mass is 9.91. The van der Waals surface area contributed by atoms with Crippen LogP contribution in [0.1, 0.15) is 41.7 Å². The number of aryl methyl sites for hydroxylation is 1. The summed E-state index contributed by atoms with van der Waals surface area (Å²) in [5.41, 5.74) is 7.73. The predicted octanol–water partition coefficient (Wildman–Crippen LogP) is 1.47. The number of nitrogens with one attached hydrogen (secondary N) is 2. The fourth-order valence-corrected chi connectivity index (χ4v) is 3.09. The molecule has 1 amide bonds. The van der Waals surface area contributed by atoms with E-state index in [-0.39, 0.29) is 23.7 Å². The molecule has 0 spiro atoms. The Morgan fingerprint density at radius 2 is 2.04 bits per heavy atom. The first-order valence-corrected chi connectivity index (χ1v) is 7.98. The van der Waals surface area contributed by atoms with Crippen molar-refractivity contribution in [2.45, 2.75) is 44.7 Å². The molecule has 0 saturated heterocycles. The number of nitrogens with zero attached hydrogens (tertiary/aromatic N) is 1. The van der Waals surface area contributed by atoms with Crippen LogP contribution in [0.15, 0.2) is 35.3 Å². The molecule has 6 nitrogen and oxygen atoms in total. The SMILES string of the molecule is Cc1c[nH]c(=O)n1-c1cccc(C(=O)NC2CCC(N)CC2)c1. The third kappa shape index (κ3) is 3.37. The van der Waals surface area contributed by atoms with Gasteiger partial charge in [0.05, 0.1) is 5.69 Å². The second-order valence-corrected chi connectivity index (χ2v) is 6.21. The van der Waals surface area contributed by atoms with Gasteiger partial charge in [0.1, 0.15) is 0 Å². The molecular weight excluding hydrogens is 292 g/mol. The lowest BCUT2D eigenvalue weighted by molar-refractivity contribution is 0.0926. The average Bonchev–Trinajstić information content (AvgIpc) is 2.88. The highest BCUT2D eigenvalue weighted by Gasteiger charge is 2.20. The predicted molar refractivity (Wildman–Crippen MR) is 88.8 cm³/mol. The molecule has 4 N–H and O–H groups in total. The number of hydrogen-bond donors (Lipinski definition) is 3. The van der Waals surface area contributed by atoms with Crippen LogP contribution in [0.2, 0.25) is 0 Å². The molecule has 0 radical (unpaired) electrons. The zero-order valence-electron chi connectivity index (χ0n) is 13.2. The number of H-pyrrole nitrogens is 1. The lowest BCUT2D eigenvalue weighted by Gasteiger charge is -2.26. The first-order valence-electron chi connectivity index (χ1n) is 7.98. The van der Waals surface area contributed by atoms with Crippen molar-refractivity contribution < 1.29 is 4.79 Å². The van der Waals surface area contributed by atoms with Crippen LogP contribution in [-0.4, -0.2) is 27.5 Å². The number of nitrogens with two attached hydrogens (primary N) is 1. The van der Waals surface area contributed by atoms with Crippen molar-refractivity contribution in [2.75, 3.05) is 0 Å². The Morgan fingerprint density at radius 1 is 1.30 bits per heavy atom. The van der Waals surface area contributed by atoms with E-state index in [1.165, 1.54) is 0 Å². The molecule has 1 aromatic carbocycles. The summed E-state index contributed by atoms with van der Waals surface area (Å²) >= 11 is 0. The smallest absolute Gasteiger partial charge is 0.330 e. The van der Waals surface area contributed by atoms with Gasteiger partial charge in [0.15, 0.2) is 0 Å². The van der Waals surface area contributed by atoms with Crippen LogP contribution in [0.3, 0.4) is 0 Å². The van der Waals surface area contributed by atoms with Gasteiger partial charge in [-0.25, -0.2) is 4.79 Å². The molecule has 0 aliphatic heterocycles. The van der Waals surface area contributed by atoms with Gasteiger partial charge in [0, 0.05) is 29.5 Å². The first-order chi connectivity index (χ1) is 11.0. The molecule has 6 heteroatoms. The summed E-state index contributed by atoms with van der Waals surface area (Å²) in [6.45, 7) is 1.84. The number of benzene rings is 1. The van der Waals surface area contributed by atoms with E-state index >= 15 is 0 Å². The van der Waals surface area contributed by atoms with Crippen LogP contribution >= 0.6 is 0 Å². The van der Waals surface area contributed by atoms with Gasteiger partial charge < -0.3 is 16.0 Å². The van der Waals surface area contributed by atoms with E-state index in [0.717, 1.165) is 31.4 Å². The van der Waals surface area contributed by atoms with Gasteiger partial charge in [-0.15, -0.1) is 0 Å². The number of rotatable bonds is 3. The summed E-state index contributed by atoms with van der Waals surface area (Å²) < 4.78 is 1.55. The van der Waals surface area contributed by atoms with E-state index in [0.29, 0.717) is 11.3 Å². The quantitative estimate of drug-likeness (QED) is 0.801. The Balaban J connectivity index is 1.77. The minimum absolute atomic E-state index is 0.103. The molecule has 1 saturated carbocycles. The fourth-order valence-electron chi connectivity index (χ4n) is 3.09. The number of aromatic nitrogens is 2. The molecule has 3 rings (SSSR count). The minimum Gasteiger partial charge on any atom is -0.349 e. The maximum absolute atomic E-state index is 12.4. The molecule has 2 aromatic rings. The highest BCUT2D eigenvalue weighted by molar-refractivity contribution is 5.94. The van der Waals surface area contributed by atoms with E-state index in [4.69, 9.17) is 5.73 Å². The van der Waals surface area contributed by atoms with Crippen molar-refractivity contribution in [2.24, 2.45) is 5.73 Å². The molecule has 23 heavy (non-hydrogen) atoms. The molecular formula is C17H22N4O2. The van der Waals surface area contributed by atoms with Gasteiger partial charge >= 0.3 is 5.69 Å². The maximum atomic E-state index is 12.4. The van der Waals surface area contributed by atoms with E-state index in [1.54, 1.807) is 29.0 Å². The summed E-state index contributed by atoms with van der Waals surface area (Å²) in [6.07, 6.45) is 5.39. The average molecular weight is 314 g/mol. The molecule has 1 aliphatic carbocycles. The molecule has 122 valence electrons. The van der Waals surface area contributed by atoms with Crippen LogP contribution in [-0.2, 0) is 0 Å². The molecule has 1 aliphatic rings. The van der Waals surface area contributed by atoms with Crippen molar-refractivity contribution in [3.05, 3.63) is 52.2 Å². The van der Waals surface area contributed by atoms with Gasteiger partial charge in [0.25, 0.3) is 5.91 Å². The number of aromatic amines is 1. The minimum atomic E-state index is -0.207. The molecule has 0 unspecified atom stereocenters. The van der Waals surface area contributed by atoms with Gasteiger partial charge in [-0.1, -0.05) is 6.07 Å². The number of carbonyl (C=O) groups excluding carboxylic acids is 1. The van der Waals surface area contributed by atoms with Crippen molar-refractivity contribution in [1.29, 1.82) is 0 Å². The topological polar surface area (TPSA) is 92.9 Å². The van der Waals surface area contributed by atoms with Gasteiger partial charge in [-0.05, 0) is 50.8 Å². The molecule has 1 fully saturated rings. The number of carbonyl (C=O) groups is 1. The standard InChI is InChI=1S/C17H22N4O2/c1-11-10-19-17(23)21(11)15-4-2-3-12(9-15)16(22)20-14-7-5-13(18)6-8-14/h2-4,9-10,13-14H,5-8,18H2,1H3,(H,19,23)(H,20,22). The normalized spacial score (nSPS) is 21.1. The molecule has 1 heterocycles. The highest BCUT2D eigenvalue weighted by atomic mass is 16.2. The third-order valence-electron chi connectivity index (χ3n) is 4.43. The third-order valence-corrected chi connectivity index (χ3v) is 4.43. The van der Waals surface area contributed by atoms with Gasteiger partial charge in [-0.2, -0.15) is 0 Å². The Hall–Kier alpha value is -2.34. The van der Waals surface area contributed by atoms with Crippen LogP contribution < -0.4 is 16.7 Å². The van der Waals surface area contributed by atoms with E-state index in [1.807, 2.05) is 13.0 Å². The van der Waals surface area contributed by atoms with Gasteiger partial charge in [-0.3, -0.25) is 9.36 Å². The summed E-state index contributed by atoms with van der Waals surface area (Å²) in [4.78, 5) is 27.0. The fraction of sp³-hybridized carbons (Fsp3) is 0.412. The summed E-state index contributed by atoms with van der Waals surface area (Å²) in [5, 5.41) is 3.07. The lowest BCUT2D eigenvalue weighted by Crippen LogP contribution is -2.40. The van der Waals surface area contributed by atoms with Crippen molar-refractivity contribution in [3.8, 4) is 5.69 Å². The zero-order chi connectivity index (χ0) is 16.4. The number of hydrogen-bond acceptors (Lipinski definition) is 3. The van der Waals surface area contributed by atoms with Crippen LogP contribution in [0.25, 0.3) is 5.69 Å². The second kappa shape index (κ2) is 6.42. The van der Waals surface area contributed by atoms with Crippen LogP contribution in [0.4, 0.5) is 0 Å². The zero-order valence-corrected chi connectivity index (χ0v) is 13.2. The Labute approximate surface area is 134 Å². The number of imidazole rings is 1. The first kappa shape index (κ1) is 15.6. The monoisotopic (exact) mass is 314 g/mol. The van der Waals surface area contributed by atoms with Crippen molar-refractivity contribution in [1.82, 2.24) is 14.9 Å². The summed E-state index contributed by atoms with van der Waals surface area (Å²) in [5.74, 6) is -0.103. The summed E-state index contributed by atoms with van der Waals surface area (Å²) in [7, 11) is 0. The Bertz CT molecular complexity index is 754. The van der Waals surface area contributed by atoms with E-state index in [2.05, 4.69) is 10.3 Å². The Morgan fingerprint density at radius 3 is 2.70 bits per heavy atom. The number of amides is 1. The maximum Gasteiger partial charge on any atom is 0.330 e. The Kier molecular flexibility index (Phi) is 4.34. The van der Waals surface area contributed by atoms with E-state index < -0.39 is 0 Å². The van der Waals surface area contributed by atoms with Crippen LogP contribution in [0, 0.1) is 6.92 Å². The largest absolute Gasteiger partial charge is 0.349 e. The van der Waals surface area contributed by atoms with Crippen molar-refractivity contribution in [3.63, 3.8) is 0 Å². The molecule has 0 bridgehead atoms. The van der Waals surface area contributed by atoms with E-state index in [9.17, 15) is 9.59 Å². The van der Waals surface area contributed by atoms with Gasteiger partial charge in [0.2, 0.25) is 0 Å².